The summed E-state index contributed by atoms with van der Waals surface area (Å²) < 4.78 is 18.4. The van der Waals surface area contributed by atoms with E-state index in [1.165, 1.54) is 12.1 Å². The quantitative estimate of drug-likeness (QED) is 0.767. The maximum Gasteiger partial charge on any atom is 0.138 e. The number of hydrogen-bond donors (Lipinski definition) is 1. The van der Waals surface area contributed by atoms with Gasteiger partial charge in [-0.3, -0.25) is 0 Å². The van der Waals surface area contributed by atoms with Gasteiger partial charge >= 0.3 is 0 Å². The molecule has 2 rings (SSSR count). The van der Waals surface area contributed by atoms with Gasteiger partial charge in [-0.05, 0) is 49.2 Å². The molecule has 0 spiro atoms. The number of hydrogen-bond acceptors (Lipinski definition) is 2. The second-order valence-corrected chi connectivity index (χ2v) is 5.14. The van der Waals surface area contributed by atoms with E-state index in [0.717, 1.165) is 17.7 Å². The Morgan fingerprint density at radius 2 is 1.86 bits per heavy atom. The molecule has 1 N–H and O–H groups in total. The summed E-state index contributed by atoms with van der Waals surface area (Å²) in [5.74, 6) is 0.456. The van der Waals surface area contributed by atoms with E-state index >= 15 is 0 Å². The molecule has 0 aliphatic rings. The van der Waals surface area contributed by atoms with Crippen LogP contribution in [0.5, 0.6) is 5.75 Å². The van der Waals surface area contributed by atoms with Gasteiger partial charge in [0, 0.05) is 5.69 Å². The average Bonchev–Trinajstić information content (AvgIpc) is 2.48. The van der Waals surface area contributed by atoms with Gasteiger partial charge in [-0.2, -0.15) is 0 Å². The molecule has 0 heterocycles. The zero-order valence-electron chi connectivity index (χ0n) is 12.2. The summed E-state index contributed by atoms with van der Waals surface area (Å²) in [7, 11) is 0. The number of nitrogens with one attached hydrogen (secondary N) is 1. The predicted molar refractivity (Wildman–Crippen MR) is 85.7 cm³/mol. The summed E-state index contributed by atoms with van der Waals surface area (Å²) in [4.78, 5) is 0. The molecular formula is C17H19ClFNO. The first kappa shape index (κ1) is 15.6. The third-order valence-electron chi connectivity index (χ3n) is 3.25. The van der Waals surface area contributed by atoms with E-state index in [0.29, 0.717) is 17.4 Å². The standard InChI is InChI=1S/C17H19ClFNO/c1-3-16(12-5-7-13(19)8-6-12)20-14-9-10-17(21-4-2)15(18)11-14/h5-11,16,20H,3-4H2,1-2H3. The molecule has 2 aromatic carbocycles. The summed E-state index contributed by atoms with van der Waals surface area (Å²) >= 11 is 6.19. The Balaban J connectivity index is 2.15. The minimum absolute atomic E-state index is 0.111. The fourth-order valence-corrected chi connectivity index (χ4v) is 2.42. The Hall–Kier alpha value is -1.74. The second-order valence-electron chi connectivity index (χ2n) is 4.73. The summed E-state index contributed by atoms with van der Waals surface area (Å²) in [5, 5.41) is 3.99. The first-order valence-corrected chi connectivity index (χ1v) is 7.46. The van der Waals surface area contributed by atoms with Gasteiger partial charge in [-0.25, -0.2) is 4.39 Å². The largest absolute Gasteiger partial charge is 0.492 e. The third kappa shape index (κ3) is 4.11. The Labute approximate surface area is 129 Å². The van der Waals surface area contributed by atoms with Crippen LogP contribution in [0.2, 0.25) is 5.02 Å². The van der Waals surface area contributed by atoms with Gasteiger partial charge in [-0.15, -0.1) is 0 Å². The van der Waals surface area contributed by atoms with Crippen molar-refractivity contribution in [2.75, 3.05) is 11.9 Å². The van der Waals surface area contributed by atoms with E-state index in [-0.39, 0.29) is 11.9 Å². The molecule has 0 fully saturated rings. The molecule has 2 nitrogen and oxygen atoms in total. The first-order valence-electron chi connectivity index (χ1n) is 7.08. The van der Waals surface area contributed by atoms with Crippen LogP contribution in [0.4, 0.5) is 10.1 Å². The van der Waals surface area contributed by atoms with Gasteiger partial charge in [0.1, 0.15) is 11.6 Å². The van der Waals surface area contributed by atoms with E-state index in [4.69, 9.17) is 16.3 Å². The van der Waals surface area contributed by atoms with Gasteiger partial charge in [0.2, 0.25) is 0 Å². The van der Waals surface area contributed by atoms with Gasteiger partial charge in [-0.1, -0.05) is 30.7 Å². The van der Waals surface area contributed by atoms with Crippen LogP contribution in [-0.2, 0) is 0 Å². The average molecular weight is 308 g/mol. The molecule has 21 heavy (non-hydrogen) atoms. The molecule has 2 aromatic rings. The maximum atomic E-state index is 13.0. The minimum atomic E-state index is -0.224. The van der Waals surface area contributed by atoms with E-state index < -0.39 is 0 Å². The van der Waals surface area contributed by atoms with Crippen molar-refractivity contribution in [3.63, 3.8) is 0 Å². The van der Waals surface area contributed by atoms with Crippen molar-refractivity contribution in [3.05, 3.63) is 58.9 Å². The number of benzene rings is 2. The lowest BCUT2D eigenvalue weighted by Gasteiger charge is -2.19. The highest BCUT2D eigenvalue weighted by Crippen LogP contribution is 2.30. The van der Waals surface area contributed by atoms with E-state index in [2.05, 4.69) is 12.2 Å². The number of ether oxygens (including phenoxy) is 1. The number of anilines is 1. The lowest BCUT2D eigenvalue weighted by molar-refractivity contribution is 0.340. The highest BCUT2D eigenvalue weighted by molar-refractivity contribution is 6.32. The predicted octanol–water partition coefficient (Wildman–Crippen LogP) is 5.44. The van der Waals surface area contributed by atoms with Gasteiger partial charge in [0.05, 0.1) is 17.7 Å². The molecule has 0 radical (unpaired) electrons. The van der Waals surface area contributed by atoms with Crippen molar-refractivity contribution >= 4 is 17.3 Å². The van der Waals surface area contributed by atoms with Crippen molar-refractivity contribution in [1.29, 1.82) is 0 Å². The Bertz CT molecular complexity index is 586. The van der Waals surface area contributed by atoms with Crippen LogP contribution in [0, 0.1) is 5.82 Å². The lowest BCUT2D eigenvalue weighted by Crippen LogP contribution is -2.09. The SMILES string of the molecule is CCOc1ccc(NC(CC)c2ccc(F)cc2)cc1Cl. The van der Waals surface area contributed by atoms with Crippen LogP contribution in [0.1, 0.15) is 31.9 Å². The van der Waals surface area contributed by atoms with Crippen molar-refractivity contribution in [1.82, 2.24) is 0 Å². The molecule has 0 aromatic heterocycles. The van der Waals surface area contributed by atoms with Crippen molar-refractivity contribution in [3.8, 4) is 5.75 Å². The van der Waals surface area contributed by atoms with Crippen molar-refractivity contribution < 1.29 is 9.13 Å². The molecule has 0 bridgehead atoms. The molecule has 112 valence electrons. The van der Waals surface area contributed by atoms with Crippen molar-refractivity contribution in [2.24, 2.45) is 0 Å². The summed E-state index contributed by atoms with van der Waals surface area (Å²) in [5.41, 5.74) is 1.96. The maximum absolute atomic E-state index is 13.0. The molecule has 4 heteroatoms. The van der Waals surface area contributed by atoms with Crippen LogP contribution in [-0.4, -0.2) is 6.61 Å². The smallest absolute Gasteiger partial charge is 0.138 e. The Kier molecular flexibility index (Phi) is 5.45. The van der Waals surface area contributed by atoms with Gasteiger partial charge < -0.3 is 10.1 Å². The molecule has 0 amide bonds. The van der Waals surface area contributed by atoms with E-state index in [1.54, 1.807) is 12.1 Å². The molecule has 1 unspecified atom stereocenters. The van der Waals surface area contributed by atoms with Gasteiger partial charge in [0.25, 0.3) is 0 Å². The highest BCUT2D eigenvalue weighted by Gasteiger charge is 2.10. The Morgan fingerprint density at radius 3 is 2.43 bits per heavy atom. The fraction of sp³-hybridized carbons (Fsp3) is 0.294. The van der Waals surface area contributed by atoms with Crippen LogP contribution in [0.15, 0.2) is 42.5 Å². The number of rotatable bonds is 6. The normalized spacial score (nSPS) is 12.0. The third-order valence-corrected chi connectivity index (χ3v) is 3.55. The summed E-state index contributed by atoms with van der Waals surface area (Å²) in [6.07, 6.45) is 0.885. The highest BCUT2D eigenvalue weighted by atomic mass is 35.5. The fourth-order valence-electron chi connectivity index (χ4n) is 2.18. The Morgan fingerprint density at radius 1 is 1.14 bits per heavy atom. The monoisotopic (exact) mass is 307 g/mol. The van der Waals surface area contributed by atoms with Crippen LogP contribution < -0.4 is 10.1 Å². The molecule has 0 aliphatic heterocycles. The minimum Gasteiger partial charge on any atom is -0.492 e. The topological polar surface area (TPSA) is 21.3 Å². The zero-order valence-corrected chi connectivity index (χ0v) is 13.0. The lowest BCUT2D eigenvalue weighted by atomic mass is 10.0. The zero-order chi connectivity index (χ0) is 15.2. The van der Waals surface area contributed by atoms with E-state index in [9.17, 15) is 4.39 Å². The van der Waals surface area contributed by atoms with Crippen LogP contribution in [0.25, 0.3) is 0 Å². The summed E-state index contributed by atoms with van der Waals surface area (Å²) in [6.45, 7) is 4.58. The molecule has 0 aliphatic carbocycles. The van der Waals surface area contributed by atoms with Crippen LogP contribution >= 0.6 is 11.6 Å². The molecule has 0 saturated heterocycles. The number of halogens is 2. The van der Waals surface area contributed by atoms with Crippen molar-refractivity contribution in [2.45, 2.75) is 26.3 Å². The summed E-state index contributed by atoms with van der Waals surface area (Å²) in [6, 6.07) is 12.3. The molecule has 0 saturated carbocycles. The van der Waals surface area contributed by atoms with Gasteiger partial charge in [0.15, 0.2) is 0 Å². The van der Waals surface area contributed by atoms with E-state index in [1.807, 2.05) is 25.1 Å². The second kappa shape index (κ2) is 7.32. The first-order chi connectivity index (χ1) is 10.1. The van der Waals surface area contributed by atoms with Crippen LogP contribution in [0.3, 0.4) is 0 Å². The molecular weight excluding hydrogens is 289 g/mol. The molecule has 1 atom stereocenters.